The molecule has 3 rings (SSSR count). The lowest BCUT2D eigenvalue weighted by atomic mass is 10.0. The molecule has 6 heteroatoms. The van der Waals surface area contributed by atoms with Crippen molar-refractivity contribution in [1.82, 2.24) is 15.1 Å². The highest BCUT2D eigenvalue weighted by Gasteiger charge is 2.39. The molecule has 1 amide bonds. The number of nitrogens with zero attached hydrogens (tertiary/aromatic N) is 2. The fraction of sp³-hybridized carbons (Fsp3) is 0.333. The van der Waals surface area contributed by atoms with Crippen LogP contribution in [0.15, 0.2) is 42.7 Å². The number of benzene rings is 1. The van der Waals surface area contributed by atoms with Gasteiger partial charge in [0, 0.05) is 24.7 Å². The number of carbonyl (C=O) groups is 1. The molecular weight excluding hydrogens is 286 g/mol. The van der Waals surface area contributed by atoms with Crippen LogP contribution in [-0.2, 0) is 11.3 Å². The van der Waals surface area contributed by atoms with Gasteiger partial charge in [0.1, 0.15) is 0 Å². The number of aliphatic hydroxyl groups is 1. The number of amides is 1. The lowest BCUT2D eigenvalue weighted by molar-refractivity contribution is -0.137. The maximum atomic E-state index is 12.0. The first-order chi connectivity index (χ1) is 10.2. The summed E-state index contributed by atoms with van der Waals surface area (Å²) in [5.74, 6) is 1.04. The standard InChI is InChI=1S/C15H17N3O2S/c19-14(15(20)6-9-21-11-15)16-10-12-2-4-13(5-3-12)18-8-1-7-17-18/h1-5,7-8,20H,6,9-11H2,(H,16,19). The molecule has 0 bridgehead atoms. The van der Waals surface area contributed by atoms with Gasteiger partial charge in [-0.05, 0) is 35.9 Å². The Bertz CT molecular complexity index is 604. The van der Waals surface area contributed by atoms with Crippen LogP contribution in [0.25, 0.3) is 5.69 Å². The Balaban J connectivity index is 1.60. The van der Waals surface area contributed by atoms with Crippen molar-refractivity contribution in [2.24, 2.45) is 0 Å². The second-order valence-corrected chi connectivity index (χ2v) is 6.24. The van der Waals surface area contributed by atoms with E-state index in [-0.39, 0.29) is 5.91 Å². The van der Waals surface area contributed by atoms with E-state index in [4.69, 9.17) is 0 Å². The predicted molar refractivity (Wildman–Crippen MR) is 82.3 cm³/mol. The van der Waals surface area contributed by atoms with Crippen LogP contribution in [0, 0.1) is 0 Å². The highest BCUT2D eigenvalue weighted by molar-refractivity contribution is 7.99. The van der Waals surface area contributed by atoms with E-state index in [0.29, 0.717) is 18.7 Å². The largest absolute Gasteiger partial charge is 0.379 e. The van der Waals surface area contributed by atoms with E-state index in [1.165, 1.54) is 0 Å². The van der Waals surface area contributed by atoms with Crippen LogP contribution in [0.1, 0.15) is 12.0 Å². The molecule has 1 unspecified atom stereocenters. The fourth-order valence-electron chi connectivity index (χ4n) is 2.27. The minimum absolute atomic E-state index is 0.274. The highest BCUT2D eigenvalue weighted by atomic mass is 32.2. The van der Waals surface area contributed by atoms with Crippen molar-refractivity contribution in [2.45, 2.75) is 18.6 Å². The summed E-state index contributed by atoms with van der Waals surface area (Å²) in [6.45, 7) is 0.422. The SMILES string of the molecule is O=C(NCc1ccc(-n2cccn2)cc1)C1(O)CCSC1. The first-order valence-corrected chi connectivity index (χ1v) is 8.00. The molecule has 0 aliphatic carbocycles. The number of thioether (sulfide) groups is 1. The molecule has 2 heterocycles. The quantitative estimate of drug-likeness (QED) is 0.895. The number of rotatable bonds is 4. The third-order valence-corrected chi connectivity index (χ3v) is 4.76. The Morgan fingerprint density at radius 1 is 1.43 bits per heavy atom. The summed E-state index contributed by atoms with van der Waals surface area (Å²) in [5.41, 5.74) is 0.772. The molecule has 21 heavy (non-hydrogen) atoms. The average Bonchev–Trinajstić information content (AvgIpc) is 3.17. The van der Waals surface area contributed by atoms with Gasteiger partial charge >= 0.3 is 0 Å². The normalized spacial score (nSPS) is 21.4. The molecule has 1 atom stereocenters. The number of carbonyl (C=O) groups excluding carboxylic acids is 1. The summed E-state index contributed by atoms with van der Waals surface area (Å²) in [5, 5.41) is 17.1. The van der Waals surface area contributed by atoms with Crippen molar-refractivity contribution < 1.29 is 9.90 Å². The van der Waals surface area contributed by atoms with E-state index in [0.717, 1.165) is 17.0 Å². The summed E-state index contributed by atoms with van der Waals surface area (Å²) < 4.78 is 1.78. The second kappa shape index (κ2) is 5.91. The van der Waals surface area contributed by atoms with Crippen molar-refractivity contribution in [3.8, 4) is 5.69 Å². The molecule has 2 N–H and O–H groups in total. The van der Waals surface area contributed by atoms with Gasteiger partial charge in [0.2, 0.25) is 0 Å². The Morgan fingerprint density at radius 3 is 2.86 bits per heavy atom. The van der Waals surface area contributed by atoms with Gasteiger partial charge in [-0.15, -0.1) is 0 Å². The van der Waals surface area contributed by atoms with Crippen molar-refractivity contribution >= 4 is 17.7 Å². The molecule has 1 aliphatic rings. The van der Waals surface area contributed by atoms with E-state index < -0.39 is 5.60 Å². The topological polar surface area (TPSA) is 67.2 Å². The Hall–Kier alpha value is -1.79. The van der Waals surface area contributed by atoms with Crippen molar-refractivity contribution in [3.63, 3.8) is 0 Å². The molecule has 1 saturated heterocycles. The number of nitrogens with one attached hydrogen (secondary N) is 1. The molecule has 0 spiro atoms. The summed E-state index contributed by atoms with van der Waals surface area (Å²) in [6, 6.07) is 9.67. The van der Waals surface area contributed by atoms with Crippen LogP contribution < -0.4 is 5.32 Å². The average molecular weight is 303 g/mol. The van der Waals surface area contributed by atoms with Crippen LogP contribution in [0.3, 0.4) is 0 Å². The van der Waals surface area contributed by atoms with Crippen LogP contribution in [0.5, 0.6) is 0 Å². The lowest BCUT2D eigenvalue weighted by Crippen LogP contribution is -2.46. The monoisotopic (exact) mass is 303 g/mol. The summed E-state index contributed by atoms with van der Waals surface area (Å²) >= 11 is 1.61. The summed E-state index contributed by atoms with van der Waals surface area (Å²) in [6.07, 6.45) is 4.14. The zero-order valence-electron chi connectivity index (χ0n) is 11.5. The van der Waals surface area contributed by atoms with Gasteiger partial charge in [-0.2, -0.15) is 16.9 Å². The van der Waals surface area contributed by atoms with E-state index in [1.807, 2.05) is 36.5 Å². The van der Waals surface area contributed by atoms with Crippen molar-refractivity contribution in [1.29, 1.82) is 0 Å². The third kappa shape index (κ3) is 3.11. The van der Waals surface area contributed by atoms with Gasteiger partial charge in [-0.3, -0.25) is 4.79 Å². The molecule has 0 saturated carbocycles. The van der Waals surface area contributed by atoms with Gasteiger partial charge in [0.05, 0.1) is 5.69 Å². The number of hydrogen-bond donors (Lipinski definition) is 2. The van der Waals surface area contributed by atoms with Crippen molar-refractivity contribution in [2.75, 3.05) is 11.5 Å². The Labute approximate surface area is 127 Å². The van der Waals surface area contributed by atoms with E-state index in [9.17, 15) is 9.90 Å². The van der Waals surface area contributed by atoms with Gasteiger partial charge in [0.15, 0.2) is 5.60 Å². The zero-order valence-corrected chi connectivity index (χ0v) is 12.3. The molecule has 1 aromatic heterocycles. The van der Waals surface area contributed by atoms with Crippen molar-refractivity contribution in [3.05, 3.63) is 48.3 Å². The first kappa shape index (κ1) is 14.2. The highest BCUT2D eigenvalue weighted by Crippen LogP contribution is 2.27. The van der Waals surface area contributed by atoms with Gasteiger partial charge < -0.3 is 10.4 Å². The van der Waals surface area contributed by atoms with E-state index in [1.54, 1.807) is 22.6 Å². The third-order valence-electron chi connectivity index (χ3n) is 3.58. The molecule has 0 radical (unpaired) electrons. The first-order valence-electron chi connectivity index (χ1n) is 6.85. The molecule has 5 nitrogen and oxygen atoms in total. The van der Waals surface area contributed by atoms with Gasteiger partial charge in [-0.25, -0.2) is 4.68 Å². The van der Waals surface area contributed by atoms with Gasteiger partial charge in [0.25, 0.3) is 5.91 Å². The summed E-state index contributed by atoms with van der Waals surface area (Å²) in [7, 11) is 0. The minimum atomic E-state index is -1.19. The molecule has 1 aliphatic heterocycles. The van der Waals surface area contributed by atoms with Gasteiger partial charge in [-0.1, -0.05) is 12.1 Å². The van der Waals surface area contributed by atoms with E-state index in [2.05, 4.69) is 10.4 Å². The zero-order chi connectivity index (χ0) is 14.7. The fourth-order valence-corrected chi connectivity index (χ4v) is 3.51. The molecule has 110 valence electrons. The van der Waals surface area contributed by atoms with Crippen LogP contribution >= 0.6 is 11.8 Å². The Kier molecular flexibility index (Phi) is 3.98. The van der Waals surface area contributed by atoms with Crippen LogP contribution in [-0.4, -0.2) is 37.9 Å². The molecular formula is C15H17N3O2S. The Morgan fingerprint density at radius 2 is 2.24 bits per heavy atom. The molecule has 2 aromatic rings. The van der Waals surface area contributed by atoms with Crippen LogP contribution in [0.4, 0.5) is 0 Å². The predicted octanol–water partition coefficient (Wildman–Crippen LogP) is 1.36. The number of hydrogen-bond acceptors (Lipinski definition) is 4. The van der Waals surface area contributed by atoms with Crippen LogP contribution in [0.2, 0.25) is 0 Å². The molecule has 1 aromatic carbocycles. The maximum absolute atomic E-state index is 12.0. The second-order valence-electron chi connectivity index (χ2n) is 5.13. The maximum Gasteiger partial charge on any atom is 0.253 e. The lowest BCUT2D eigenvalue weighted by Gasteiger charge is -2.20. The van der Waals surface area contributed by atoms with E-state index >= 15 is 0 Å². The smallest absolute Gasteiger partial charge is 0.253 e. The minimum Gasteiger partial charge on any atom is -0.379 e. The summed E-state index contributed by atoms with van der Waals surface area (Å²) in [4.78, 5) is 12.0. The molecule has 1 fully saturated rings. The number of aromatic nitrogens is 2.